The Morgan fingerprint density at radius 3 is 2.42 bits per heavy atom. The molecule has 6 heteroatoms. The quantitative estimate of drug-likeness (QED) is 0.834. The molecule has 0 aliphatic carbocycles. The molecule has 0 saturated heterocycles. The lowest BCUT2D eigenvalue weighted by atomic mass is 10.0. The molecular formula is C13H16F3N3. The molecule has 0 amide bonds. The molecule has 2 aromatic rings. The van der Waals surface area contributed by atoms with Crippen LogP contribution < -0.4 is 0 Å². The molecule has 2 rings (SSSR count). The van der Waals surface area contributed by atoms with Crippen LogP contribution in [0.5, 0.6) is 0 Å². The van der Waals surface area contributed by atoms with Gasteiger partial charge in [0, 0.05) is 18.6 Å². The first-order valence-corrected chi connectivity index (χ1v) is 6.19. The zero-order valence-electron chi connectivity index (χ0n) is 11.3. The Kier molecular flexibility index (Phi) is 3.28. The van der Waals surface area contributed by atoms with Crippen LogP contribution in [-0.4, -0.2) is 14.8 Å². The first kappa shape index (κ1) is 13.8. The lowest BCUT2D eigenvalue weighted by molar-refractivity contribution is -0.137. The molecule has 0 aromatic carbocycles. The fraction of sp³-hybridized carbons (Fsp3) is 0.538. The van der Waals surface area contributed by atoms with Crippen LogP contribution in [0.15, 0.2) is 6.20 Å². The minimum atomic E-state index is -4.43. The molecule has 2 heterocycles. The highest BCUT2D eigenvalue weighted by Crippen LogP contribution is 2.39. The zero-order chi connectivity index (χ0) is 14.4. The van der Waals surface area contributed by atoms with Gasteiger partial charge in [-0.3, -0.25) is 9.67 Å². The summed E-state index contributed by atoms with van der Waals surface area (Å²) in [5.41, 5.74) is 0.189. The van der Waals surface area contributed by atoms with Crippen LogP contribution in [0.4, 0.5) is 13.2 Å². The second-order valence-corrected chi connectivity index (χ2v) is 4.86. The molecule has 2 aromatic heterocycles. The summed E-state index contributed by atoms with van der Waals surface area (Å²) in [4.78, 5) is 4.02. The van der Waals surface area contributed by atoms with Crippen LogP contribution in [0.25, 0.3) is 10.9 Å². The van der Waals surface area contributed by atoms with Gasteiger partial charge in [-0.05, 0) is 12.3 Å². The molecule has 0 unspecified atom stereocenters. The van der Waals surface area contributed by atoms with Crippen molar-refractivity contribution in [1.82, 2.24) is 14.8 Å². The fourth-order valence-corrected chi connectivity index (χ4v) is 2.33. The van der Waals surface area contributed by atoms with Gasteiger partial charge in [0.1, 0.15) is 5.56 Å². The maximum Gasteiger partial charge on any atom is 0.420 e. The third kappa shape index (κ3) is 2.19. The summed E-state index contributed by atoms with van der Waals surface area (Å²) in [5, 5.41) is 4.65. The zero-order valence-corrected chi connectivity index (χ0v) is 11.3. The highest BCUT2D eigenvalue weighted by atomic mass is 19.4. The number of hydrogen-bond acceptors (Lipinski definition) is 2. The molecule has 0 bridgehead atoms. The van der Waals surface area contributed by atoms with Crippen LogP contribution in [0.3, 0.4) is 0 Å². The standard InChI is InChI=1S/C13H16F3N3/c1-5-9-8-6-17-11(7(2)3)10(13(14,15)16)12(8)19(4)18-9/h6-7H,5H2,1-4H3. The second kappa shape index (κ2) is 4.51. The molecule has 0 atom stereocenters. The van der Waals surface area contributed by atoms with Crippen molar-refractivity contribution in [2.24, 2.45) is 7.05 Å². The Hall–Kier alpha value is -1.59. The highest BCUT2D eigenvalue weighted by Gasteiger charge is 2.38. The first-order valence-electron chi connectivity index (χ1n) is 6.19. The molecular weight excluding hydrogens is 255 g/mol. The fourth-order valence-electron chi connectivity index (χ4n) is 2.33. The normalized spacial score (nSPS) is 12.6. The van der Waals surface area contributed by atoms with E-state index in [0.29, 0.717) is 17.5 Å². The summed E-state index contributed by atoms with van der Waals surface area (Å²) in [7, 11) is 1.54. The van der Waals surface area contributed by atoms with Gasteiger partial charge in [0.2, 0.25) is 0 Å². The number of nitrogens with zero attached hydrogens (tertiary/aromatic N) is 3. The predicted molar refractivity (Wildman–Crippen MR) is 67.0 cm³/mol. The third-order valence-corrected chi connectivity index (χ3v) is 3.15. The molecule has 0 aliphatic heterocycles. The largest absolute Gasteiger partial charge is 0.420 e. The van der Waals surface area contributed by atoms with Crippen molar-refractivity contribution in [2.45, 2.75) is 39.3 Å². The van der Waals surface area contributed by atoms with E-state index in [0.717, 1.165) is 0 Å². The molecule has 0 fully saturated rings. The van der Waals surface area contributed by atoms with Gasteiger partial charge < -0.3 is 0 Å². The molecule has 0 radical (unpaired) electrons. The topological polar surface area (TPSA) is 30.7 Å². The lowest BCUT2D eigenvalue weighted by Crippen LogP contribution is -2.14. The van der Waals surface area contributed by atoms with E-state index in [1.165, 1.54) is 10.9 Å². The number of hydrogen-bond donors (Lipinski definition) is 0. The predicted octanol–water partition coefficient (Wildman–Crippen LogP) is 3.67. The van der Waals surface area contributed by atoms with Gasteiger partial charge in [-0.1, -0.05) is 20.8 Å². The van der Waals surface area contributed by atoms with Crippen molar-refractivity contribution in [3.05, 3.63) is 23.1 Å². The van der Waals surface area contributed by atoms with E-state index in [2.05, 4.69) is 10.1 Å². The molecule has 0 aliphatic rings. The Bertz CT molecular complexity index is 612. The van der Waals surface area contributed by atoms with Crippen molar-refractivity contribution in [1.29, 1.82) is 0 Å². The third-order valence-electron chi connectivity index (χ3n) is 3.15. The van der Waals surface area contributed by atoms with E-state index >= 15 is 0 Å². The average Bonchev–Trinajstić information content (AvgIpc) is 2.63. The Labute approximate surface area is 109 Å². The highest BCUT2D eigenvalue weighted by molar-refractivity contribution is 5.85. The van der Waals surface area contributed by atoms with Crippen molar-refractivity contribution in [2.75, 3.05) is 0 Å². The summed E-state index contributed by atoms with van der Waals surface area (Å²) >= 11 is 0. The Balaban J connectivity index is 2.92. The minimum Gasteiger partial charge on any atom is -0.267 e. The monoisotopic (exact) mass is 271 g/mol. The van der Waals surface area contributed by atoms with Gasteiger partial charge in [0.15, 0.2) is 0 Å². The lowest BCUT2D eigenvalue weighted by Gasteiger charge is -2.16. The molecule has 0 N–H and O–H groups in total. The van der Waals surface area contributed by atoms with Crippen LogP contribution in [-0.2, 0) is 19.6 Å². The molecule has 0 saturated carbocycles. The number of aryl methyl sites for hydroxylation is 2. The van der Waals surface area contributed by atoms with Gasteiger partial charge in [-0.15, -0.1) is 0 Å². The van der Waals surface area contributed by atoms with E-state index in [4.69, 9.17) is 0 Å². The summed E-state index contributed by atoms with van der Waals surface area (Å²) in [6.45, 7) is 5.28. The van der Waals surface area contributed by atoms with Crippen molar-refractivity contribution < 1.29 is 13.2 Å². The SMILES string of the molecule is CCc1nn(C)c2c(C(F)(F)F)c(C(C)C)ncc12. The average molecular weight is 271 g/mol. The Morgan fingerprint density at radius 1 is 1.32 bits per heavy atom. The van der Waals surface area contributed by atoms with Gasteiger partial charge in [0.05, 0.1) is 16.9 Å². The van der Waals surface area contributed by atoms with Crippen LogP contribution >= 0.6 is 0 Å². The molecule has 104 valence electrons. The summed E-state index contributed by atoms with van der Waals surface area (Å²) < 4.78 is 41.4. The van der Waals surface area contributed by atoms with E-state index in [9.17, 15) is 13.2 Å². The van der Waals surface area contributed by atoms with Gasteiger partial charge in [0.25, 0.3) is 0 Å². The van der Waals surface area contributed by atoms with Gasteiger partial charge in [-0.2, -0.15) is 18.3 Å². The summed E-state index contributed by atoms with van der Waals surface area (Å²) in [6.07, 6.45) is -2.34. The molecule has 0 spiro atoms. The van der Waals surface area contributed by atoms with E-state index in [1.807, 2.05) is 6.92 Å². The van der Waals surface area contributed by atoms with Gasteiger partial charge in [-0.25, -0.2) is 0 Å². The van der Waals surface area contributed by atoms with Crippen molar-refractivity contribution >= 4 is 10.9 Å². The number of aromatic nitrogens is 3. The number of alkyl halides is 3. The van der Waals surface area contributed by atoms with Gasteiger partial charge >= 0.3 is 6.18 Å². The minimum absolute atomic E-state index is 0.0747. The molecule has 3 nitrogen and oxygen atoms in total. The van der Waals surface area contributed by atoms with E-state index in [-0.39, 0.29) is 17.1 Å². The van der Waals surface area contributed by atoms with Crippen molar-refractivity contribution in [3.8, 4) is 0 Å². The van der Waals surface area contributed by atoms with E-state index in [1.54, 1.807) is 20.9 Å². The maximum absolute atomic E-state index is 13.4. The first-order chi connectivity index (χ1) is 8.77. The number of rotatable bonds is 2. The number of fused-ring (bicyclic) bond motifs is 1. The smallest absolute Gasteiger partial charge is 0.267 e. The second-order valence-electron chi connectivity index (χ2n) is 4.86. The van der Waals surface area contributed by atoms with Crippen molar-refractivity contribution in [3.63, 3.8) is 0 Å². The van der Waals surface area contributed by atoms with Crippen LogP contribution in [0.1, 0.15) is 43.6 Å². The summed E-state index contributed by atoms with van der Waals surface area (Å²) in [5.74, 6) is -0.291. The van der Waals surface area contributed by atoms with E-state index < -0.39 is 11.7 Å². The summed E-state index contributed by atoms with van der Waals surface area (Å²) in [6, 6.07) is 0. The van der Waals surface area contributed by atoms with Crippen LogP contribution in [0, 0.1) is 0 Å². The van der Waals surface area contributed by atoms with Crippen LogP contribution in [0.2, 0.25) is 0 Å². The maximum atomic E-state index is 13.4. The molecule has 19 heavy (non-hydrogen) atoms. The number of halogens is 3. The Morgan fingerprint density at radius 2 is 1.95 bits per heavy atom. The number of pyridine rings is 1.